The molecular weight excluding hydrogens is 268 g/mol. The molecule has 0 aromatic heterocycles. The molecule has 16 heavy (non-hydrogen) atoms. The normalized spacial score (nSPS) is 11.6. The van der Waals surface area contributed by atoms with E-state index in [1.165, 1.54) is 0 Å². The molecule has 3 heteroatoms. The van der Waals surface area contributed by atoms with E-state index in [2.05, 4.69) is 15.9 Å². The van der Waals surface area contributed by atoms with Crippen LogP contribution in [-0.4, -0.2) is 11.1 Å². The fraction of sp³-hybridized carbons (Fsp3) is 0.308. The van der Waals surface area contributed by atoms with Crippen molar-refractivity contribution < 1.29 is 9.90 Å². The highest BCUT2D eigenvalue weighted by atomic mass is 79.9. The number of carboxylic acids is 1. The molecule has 0 unspecified atom stereocenters. The van der Waals surface area contributed by atoms with Crippen LogP contribution in [0, 0.1) is 6.92 Å². The number of hydrogen-bond acceptors (Lipinski definition) is 1. The third-order valence-electron chi connectivity index (χ3n) is 2.34. The Labute approximate surface area is 104 Å². The van der Waals surface area contributed by atoms with Gasteiger partial charge in [-0.1, -0.05) is 41.1 Å². The number of hydrogen-bond donors (Lipinski definition) is 1. The molecule has 0 saturated carbocycles. The van der Waals surface area contributed by atoms with Gasteiger partial charge in [-0.3, -0.25) is 4.79 Å². The van der Waals surface area contributed by atoms with Crippen LogP contribution in [0.15, 0.2) is 28.7 Å². The monoisotopic (exact) mass is 282 g/mol. The highest BCUT2D eigenvalue weighted by Gasteiger charge is 2.11. The summed E-state index contributed by atoms with van der Waals surface area (Å²) >= 11 is 3.47. The topological polar surface area (TPSA) is 37.3 Å². The van der Waals surface area contributed by atoms with E-state index in [0.717, 1.165) is 27.6 Å². The van der Waals surface area contributed by atoms with Crippen LogP contribution < -0.4 is 0 Å². The Morgan fingerprint density at radius 2 is 2.19 bits per heavy atom. The smallest absolute Gasteiger partial charge is 0.307 e. The van der Waals surface area contributed by atoms with E-state index >= 15 is 0 Å². The predicted octanol–water partition coefficient (Wildman–Crippen LogP) is 4.03. The van der Waals surface area contributed by atoms with Crippen molar-refractivity contribution >= 4 is 27.5 Å². The summed E-state index contributed by atoms with van der Waals surface area (Å²) in [5.74, 6) is -0.796. The standard InChI is InChI=1S/C13H15BrO2/c1-3-5-10(8-12(15)16)13-9(2)6-4-7-11(13)14/h4-7H,3,8H2,1-2H3,(H,15,16)/b10-5-. The van der Waals surface area contributed by atoms with E-state index in [4.69, 9.17) is 5.11 Å². The first kappa shape index (κ1) is 13.0. The number of carboxylic acid groups (broad SMARTS) is 1. The highest BCUT2D eigenvalue weighted by molar-refractivity contribution is 9.10. The maximum absolute atomic E-state index is 10.8. The van der Waals surface area contributed by atoms with E-state index in [-0.39, 0.29) is 6.42 Å². The minimum atomic E-state index is -0.796. The molecule has 86 valence electrons. The van der Waals surface area contributed by atoms with Crippen molar-refractivity contribution in [2.45, 2.75) is 26.7 Å². The second kappa shape index (κ2) is 5.85. The maximum Gasteiger partial charge on any atom is 0.307 e. The summed E-state index contributed by atoms with van der Waals surface area (Å²) in [5, 5.41) is 8.90. The number of benzene rings is 1. The Morgan fingerprint density at radius 1 is 1.50 bits per heavy atom. The van der Waals surface area contributed by atoms with Gasteiger partial charge in [0, 0.05) is 4.47 Å². The molecule has 0 spiro atoms. The molecule has 1 rings (SSSR count). The van der Waals surface area contributed by atoms with Crippen LogP contribution in [0.3, 0.4) is 0 Å². The number of halogens is 1. The summed E-state index contributed by atoms with van der Waals surface area (Å²) < 4.78 is 0.952. The summed E-state index contributed by atoms with van der Waals surface area (Å²) in [5.41, 5.74) is 2.97. The number of allylic oxidation sites excluding steroid dienone is 1. The largest absolute Gasteiger partial charge is 0.481 e. The van der Waals surface area contributed by atoms with Gasteiger partial charge in [-0.05, 0) is 36.1 Å². The Kier molecular flexibility index (Phi) is 4.74. The zero-order valence-electron chi connectivity index (χ0n) is 9.46. The molecule has 1 aromatic rings. The first-order valence-corrected chi connectivity index (χ1v) is 6.01. The van der Waals surface area contributed by atoms with Crippen molar-refractivity contribution in [2.24, 2.45) is 0 Å². The van der Waals surface area contributed by atoms with E-state index in [1.54, 1.807) is 0 Å². The molecule has 0 bridgehead atoms. The van der Waals surface area contributed by atoms with Gasteiger partial charge in [0.1, 0.15) is 0 Å². The van der Waals surface area contributed by atoms with Gasteiger partial charge in [-0.2, -0.15) is 0 Å². The third kappa shape index (κ3) is 3.20. The van der Waals surface area contributed by atoms with Crippen LogP contribution in [0.2, 0.25) is 0 Å². The van der Waals surface area contributed by atoms with Crippen molar-refractivity contribution in [1.29, 1.82) is 0 Å². The number of aryl methyl sites for hydroxylation is 1. The number of rotatable bonds is 4. The summed E-state index contributed by atoms with van der Waals surface area (Å²) in [7, 11) is 0. The molecule has 1 N–H and O–H groups in total. The molecule has 0 heterocycles. The summed E-state index contributed by atoms with van der Waals surface area (Å²) in [4.78, 5) is 10.8. The van der Waals surface area contributed by atoms with E-state index in [1.807, 2.05) is 38.1 Å². The molecule has 0 radical (unpaired) electrons. The van der Waals surface area contributed by atoms with E-state index in [0.29, 0.717) is 0 Å². The minimum absolute atomic E-state index is 0.0668. The zero-order valence-corrected chi connectivity index (χ0v) is 11.0. The summed E-state index contributed by atoms with van der Waals surface area (Å²) in [6, 6.07) is 5.88. The second-order valence-corrected chi connectivity index (χ2v) is 4.49. The second-order valence-electron chi connectivity index (χ2n) is 3.64. The molecule has 0 amide bonds. The Balaban J connectivity index is 3.21. The van der Waals surface area contributed by atoms with Crippen LogP contribution in [-0.2, 0) is 4.79 Å². The first-order valence-electron chi connectivity index (χ1n) is 5.22. The molecule has 0 fully saturated rings. The van der Waals surface area contributed by atoms with Gasteiger partial charge in [-0.25, -0.2) is 0 Å². The molecule has 0 aliphatic carbocycles. The Hall–Kier alpha value is -1.09. The predicted molar refractivity (Wildman–Crippen MR) is 69.4 cm³/mol. The van der Waals surface area contributed by atoms with Crippen molar-refractivity contribution in [3.05, 3.63) is 39.9 Å². The van der Waals surface area contributed by atoms with Gasteiger partial charge >= 0.3 is 5.97 Å². The van der Waals surface area contributed by atoms with E-state index < -0.39 is 5.97 Å². The fourth-order valence-corrected chi connectivity index (χ4v) is 2.43. The lowest BCUT2D eigenvalue weighted by atomic mass is 9.97. The van der Waals surface area contributed by atoms with Crippen LogP contribution >= 0.6 is 15.9 Å². The zero-order chi connectivity index (χ0) is 12.1. The van der Waals surface area contributed by atoms with E-state index in [9.17, 15) is 4.79 Å². The molecule has 1 aromatic carbocycles. The van der Waals surface area contributed by atoms with Crippen LogP contribution in [0.25, 0.3) is 5.57 Å². The minimum Gasteiger partial charge on any atom is -0.481 e. The quantitative estimate of drug-likeness (QED) is 0.906. The number of aliphatic carboxylic acids is 1. The first-order chi connectivity index (χ1) is 7.56. The van der Waals surface area contributed by atoms with Crippen molar-refractivity contribution in [3.63, 3.8) is 0 Å². The van der Waals surface area contributed by atoms with Gasteiger partial charge in [0.25, 0.3) is 0 Å². The van der Waals surface area contributed by atoms with Gasteiger partial charge in [-0.15, -0.1) is 0 Å². The van der Waals surface area contributed by atoms with Crippen molar-refractivity contribution in [1.82, 2.24) is 0 Å². The van der Waals surface area contributed by atoms with Gasteiger partial charge < -0.3 is 5.11 Å². The molecule has 0 saturated heterocycles. The lowest BCUT2D eigenvalue weighted by Gasteiger charge is -2.11. The van der Waals surface area contributed by atoms with Crippen LogP contribution in [0.5, 0.6) is 0 Å². The molecule has 0 aliphatic rings. The Morgan fingerprint density at radius 3 is 2.69 bits per heavy atom. The van der Waals surface area contributed by atoms with Crippen LogP contribution in [0.4, 0.5) is 0 Å². The fourth-order valence-electron chi connectivity index (χ4n) is 1.71. The maximum atomic E-state index is 10.8. The summed E-state index contributed by atoms with van der Waals surface area (Å²) in [6.07, 6.45) is 2.88. The van der Waals surface area contributed by atoms with Crippen molar-refractivity contribution in [3.8, 4) is 0 Å². The van der Waals surface area contributed by atoms with Gasteiger partial charge in [0.2, 0.25) is 0 Å². The van der Waals surface area contributed by atoms with Gasteiger partial charge in [0.15, 0.2) is 0 Å². The molecular formula is C13H15BrO2. The number of carbonyl (C=O) groups is 1. The molecule has 0 aliphatic heterocycles. The highest BCUT2D eigenvalue weighted by Crippen LogP contribution is 2.30. The average Bonchev–Trinajstić information content (AvgIpc) is 2.16. The average molecular weight is 283 g/mol. The summed E-state index contributed by atoms with van der Waals surface area (Å²) in [6.45, 7) is 4.00. The molecule has 2 nitrogen and oxygen atoms in total. The van der Waals surface area contributed by atoms with Crippen molar-refractivity contribution in [2.75, 3.05) is 0 Å². The lowest BCUT2D eigenvalue weighted by Crippen LogP contribution is -1.99. The van der Waals surface area contributed by atoms with Crippen LogP contribution in [0.1, 0.15) is 30.9 Å². The third-order valence-corrected chi connectivity index (χ3v) is 3.00. The SMILES string of the molecule is CC/C=C(/CC(=O)O)c1c(C)cccc1Br. The lowest BCUT2D eigenvalue weighted by molar-refractivity contribution is -0.135. The van der Waals surface area contributed by atoms with Gasteiger partial charge in [0.05, 0.1) is 6.42 Å². The Bertz CT molecular complexity index is 402. The molecule has 0 atom stereocenters.